The van der Waals surface area contributed by atoms with E-state index < -0.39 is 0 Å². The van der Waals surface area contributed by atoms with E-state index in [1.807, 2.05) is 74.5 Å². The number of nitrogens with zero attached hydrogens (tertiary/aromatic N) is 2. The van der Waals surface area contributed by atoms with Gasteiger partial charge in [0.2, 0.25) is 0 Å². The molecule has 1 aliphatic rings. The van der Waals surface area contributed by atoms with Crippen molar-refractivity contribution >= 4 is 67.6 Å². The topological polar surface area (TPSA) is 32.8 Å². The van der Waals surface area contributed by atoms with Gasteiger partial charge in [0.1, 0.15) is 5.75 Å². The first-order valence-corrected chi connectivity index (χ1v) is 10.4. The Labute approximate surface area is 177 Å². The summed E-state index contributed by atoms with van der Waals surface area (Å²) < 4.78 is 6.96. The molecule has 27 heavy (non-hydrogen) atoms. The molecule has 7 heteroatoms. The highest BCUT2D eigenvalue weighted by molar-refractivity contribution is 9.10. The molecule has 0 unspecified atom stereocenters. The highest BCUT2D eigenvalue weighted by Crippen LogP contribution is 2.37. The normalized spacial score (nSPS) is 15.6. The smallest absolute Gasteiger partial charge is 0.270 e. The van der Waals surface area contributed by atoms with Crippen molar-refractivity contribution in [1.29, 1.82) is 0 Å². The van der Waals surface area contributed by atoms with Crippen LogP contribution in [0.5, 0.6) is 5.75 Å². The molecule has 0 saturated carbocycles. The molecule has 0 atom stereocenters. The van der Waals surface area contributed by atoms with E-state index in [0.29, 0.717) is 15.8 Å². The average molecular weight is 463 g/mol. The first-order chi connectivity index (χ1) is 12.9. The number of hydrogen-bond donors (Lipinski definition) is 0. The Bertz CT molecular complexity index is 911. The number of rotatable bonds is 5. The molecule has 4 nitrogen and oxygen atoms in total. The summed E-state index contributed by atoms with van der Waals surface area (Å²) in [6, 6.07) is 13.4. The van der Waals surface area contributed by atoms with Gasteiger partial charge >= 0.3 is 0 Å². The van der Waals surface area contributed by atoms with Crippen LogP contribution < -0.4 is 14.5 Å². The van der Waals surface area contributed by atoms with Gasteiger partial charge in [0, 0.05) is 18.6 Å². The predicted octanol–water partition coefficient (Wildman–Crippen LogP) is 5.32. The van der Waals surface area contributed by atoms with Crippen molar-refractivity contribution in [3.8, 4) is 5.75 Å². The maximum atomic E-state index is 12.9. The van der Waals surface area contributed by atoms with Crippen molar-refractivity contribution in [1.82, 2.24) is 0 Å². The molecule has 2 aromatic carbocycles. The van der Waals surface area contributed by atoms with E-state index in [-0.39, 0.29) is 5.91 Å². The van der Waals surface area contributed by atoms with Gasteiger partial charge in [0.15, 0.2) is 4.32 Å². The summed E-state index contributed by atoms with van der Waals surface area (Å²) in [6.45, 7) is 2.54. The third-order valence-electron chi connectivity index (χ3n) is 3.95. The van der Waals surface area contributed by atoms with Crippen molar-refractivity contribution in [3.63, 3.8) is 0 Å². The minimum absolute atomic E-state index is 0.109. The summed E-state index contributed by atoms with van der Waals surface area (Å²) in [4.78, 5) is 17.1. The predicted molar refractivity (Wildman–Crippen MR) is 122 cm³/mol. The molecular weight excluding hydrogens is 444 g/mol. The zero-order valence-electron chi connectivity index (χ0n) is 15.2. The number of carbonyl (C=O) groups excluding carboxylic acids is 1. The fourth-order valence-corrected chi connectivity index (χ4v) is 4.73. The molecule has 1 heterocycles. The number of ether oxygens (including phenoxy) is 1. The van der Waals surface area contributed by atoms with Gasteiger partial charge in [0.25, 0.3) is 5.91 Å². The molecule has 0 bridgehead atoms. The van der Waals surface area contributed by atoms with Crippen LogP contribution in [0.25, 0.3) is 6.08 Å². The highest BCUT2D eigenvalue weighted by Gasteiger charge is 2.33. The number of thiocarbonyl (C=S) groups is 1. The van der Waals surface area contributed by atoms with Crippen LogP contribution in [0.3, 0.4) is 0 Å². The van der Waals surface area contributed by atoms with Crippen LogP contribution in [0.15, 0.2) is 51.8 Å². The third-order valence-corrected chi connectivity index (χ3v) is 5.89. The zero-order chi connectivity index (χ0) is 19.6. The summed E-state index contributed by atoms with van der Waals surface area (Å²) in [5, 5.41) is 0. The van der Waals surface area contributed by atoms with Gasteiger partial charge in [0.05, 0.1) is 22.9 Å². The molecule has 0 aromatic heterocycles. The van der Waals surface area contributed by atoms with Gasteiger partial charge in [-0.3, -0.25) is 9.69 Å². The Morgan fingerprint density at radius 1 is 1.22 bits per heavy atom. The lowest BCUT2D eigenvalue weighted by atomic mass is 10.2. The maximum Gasteiger partial charge on any atom is 0.270 e. The standard InChI is InChI=1S/C20H19BrN2O2S2/c1-4-25-15-8-6-14(7-9-15)23-19(24)18(27-20(23)26)12-13-5-10-17(22(2)3)16(21)11-13/h5-12H,4H2,1-3H3/b18-12-. The second kappa shape index (κ2) is 8.46. The molecule has 140 valence electrons. The van der Waals surface area contributed by atoms with Crippen LogP contribution in [0.1, 0.15) is 12.5 Å². The van der Waals surface area contributed by atoms with Crippen molar-refractivity contribution in [2.45, 2.75) is 6.92 Å². The summed E-state index contributed by atoms with van der Waals surface area (Å²) in [5.41, 5.74) is 2.77. The van der Waals surface area contributed by atoms with Crippen LogP contribution >= 0.6 is 39.9 Å². The van der Waals surface area contributed by atoms with Gasteiger partial charge in [-0.05, 0) is 70.9 Å². The Hall–Kier alpha value is -1.83. The minimum atomic E-state index is -0.109. The number of hydrogen-bond acceptors (Lipinski definition) is 5. The molecule has 1 amide bonds. The van der Waals surface area contributed by atoms with Gasteiger partial charge in [-0.25, -0.2) is 0 Å². The van der Waals surface area contributed by atoms with Crippen LogP contribution in [0.2, 0.25) is 0 Å². The summed E-state index contributed by atoms with van der Waals surface area (Å²) in [5.74, 6) is 0.662. The third kappa shape index (κ3) is 4.36. The number of halogens is 1. The van der Waals surface area contributed by atoms with Crippen molar-refractivity contribution < 1.29 is 9.53 Å². The Morgan fingerprint density at radius 3 is 2.52 bits per heavy atom. The first-order valence-electron chi connectivity index (χ1n) is 8.38. The maximum absolute atomic E-state index is 12.9. The molecule has 0 N–H and O–H groups in total. The van der Waals surface area contributed by atoms with E-state index in [1.165, 1.54) is 11.8 Å². The van der Waals surface area contributed by atoms with Gasteiger partial charge in [-0.15, -0.1) is 0 Å². The number of anilines is 2. The Balaban J connectivity index is 1.85. The van der Waals surface area contributed by atoms with Gasteiger partial charge in [-0.1, -0.05) is 30.0 Å². The van der Waals surface area contributed by atoms with Crippen LogP contribution in [0.4, 0.5) is 11.4 Å². The average Bonchev–Trinajstić information content (AvgIpc) is 2.89. The summed E-state index contributed by atoms with van der Waals surface area (Å²) in [7, 11) is 3.98. The molecule has 0 radical (unpaired) electrons. The van der Waals surface area contributed by atoms with E-state index in [2.05, 4.69) is 15.9 Å². The molecule has 0 aliphatic carbocycles. The van der Waals surface area contributed by atoms with E-state index in [9.17, 15) is 4.79 Å². The van der Waals surface area contributed by atoms with Crippen LogP contribution in [0, 0.1) is 0 Å². The van der Waals surface area contributed by atoms with Crippen LogP contribution in [-0.4, -0.2) is 30.9 Å². The fraction of sp³-hybridized carbons (Fsp3) is 0.200. The second-order valence-corrected chi connectivity index (χ2v) is 8.58. The minimum Gasteiger partial charge on any atom is -0.494 e. The molecule has 1 fully saturated rings. The van der Waals surface area contributed by atoms with Crippen molar-refractivity contribution in [2.75, 3.05) is 30.5 Å². The lowest BCUT2D eigenvalue weighted by molar-refractivity contribution is -0.113. The van der Waals surface area contributed by atoms with Crippen molar-refractivity contribution in [2.24, 2.45) is 0 Å². The largest absolute Gasteiger partial charge is 0.494 e. The lowest BCUT2D eigenvalue weighted by Crippen LogP contribution is -2.27. The number of amides is 1. The monoisotopic (exact) mass is 462 g/mol. The number of benzene rings is 2. The first kappa shape index (κ1) is 19.9. The van der Waals surface area contributed by atoms with E-state index in [0.717, 1.165) is 27.2 Å². The van der Waals surface area contributed by atoms with Crippen molar-refractivity contribution in [3.05, 3.63) is 57.4 Å². The number of carbonyl (C=O) groups is 1. The highest BCUT2D eigenvalue weighted by atomic mass is 79.9. The molecule has 2 aromatic rings. The summed E-state index contributed by atoms with van der Waals surface area (Å²) in [6.07, 6.45) is 1.87. The fourth-order valence-electron chi connectivity index (χ4n) is 2.68. The second-order valence-electron chi connectivity index (χ2n) is 6.05. The SMILES string of the molecule is CCOc1ccc(N2C(=O)/C(=C/c3ccc(N(C)C)c(Br)c3)SC2=S)cc1. The quantitative estimate of drug-likeness (QED) is 0.443. The number of thioether (sulfide) groups is 1. The molecule has 1 saturated heterocycles. The molecule has 0 spiro atoms. The van der Waals surface area contributed by atoms with E-state index >= 15 is 0 Å². The van der Waals surface area contributed by atoms with Gasteiger partial charge in [-0.2, -0.15) is 0 Å². The Kier molecular flexibility index (Phi) is 6.24. The lowest BCUT2D eigenvalue weighted by Gasteiger charge is -2.15. The summed E-state index contributed by atoms with van der Waals surface area (Å²) >= 11 is 10.3. The molecule has 1 aliphatic heterocycles. The molecule has 3 rings (SSSR count). The Morgan fingerprint density at radius 2 is 1.93 bits per heavy atom. The van der Waals surface area contributed by atoms with E-state index in [1.54, 1.807) is 4.90 Å². The van der Waals surface area contributed by atoms with Crippen LogP contribution in [-0.2, 0) is 4.79 Å². The van der Waals surface area contributed by atoms with E-state index in [4.69, 9.17) is 17.0 Å². The zero-order valence-corrected chi connectivity index (χ0v) is 18.5. The van der Waals surface area contributed by atoms with Gasteiger partial charge < -0.3 is 9.64 Å². The molecular formula is C20H19BrN2O2S2.